The fraction of sp³-hybridized carbons (Fsp3) is 0.938. The molecule has 2 amide bonds. The molecule has 9 heteroatoms. The topological polar surface area (TPSA) is 69.7 Å². The van der Waals surface area contributed by atoms with Gasteiger partial charge in [0.15, 0.2) is 0 Å². The molecular weight excluding hydrogens is 352 g/mol. The van der Waals surface area contributed by atoms with Crippen LogP contribution in [0.3, 0.4) is 0 Å². The lowest BCUT2D eigenvalue weighted by molar-refractivity contribution is 0.0869. The van der Waals surface area contributed by atoms with Crippen molar-refractivity contribution in [2.45, 2.75) is 74.2 Å². The average Bonchev–Trinajstić information content (AvgIpc) is 3.37. The maximum Gasteiger partial charge on any atom is 0.320 e. The molecule has 1 saturated heterocycles. The van der Waals surface area contributed by atoms with E-state index in [-0.39, 0.29) is 36.6 Å². The zero-order chi connectivity index (χ0) is 18.2. The first kappa shape index (κ1) is 17.5. The van der Waals surface area contributed by atoms with Crippen molar-refractivity contribution in [3.05, 3.63) is 0 Å². The zero-order valence-corrected chi connectivity index (χ0v) is 15.4. The van der Waals surface area contributed by atoms with Gasteiger partial charge in [-0.15, -0.1) is 0 Å². The fourth-order valence-electron chi connectivity index (χ4n) is 4.28. The average molecular weight is 377 g/mol. The summed E-state index contributed by atoms with van der Waals surface area (Å²) < 4.78 is 54.6. The summed E-state index contributed by atoms with van der Waals surface area (Å²) >= 11 is 0. The summed E-state index contributed by atoms with van der Waals surface area (Å²) in [7, 11) is -1.78. The molecule has 4 atom stereocenters. The van der Waals surface area contributed by atoms with Crippen LogP contribution in [0.25, 0.3) is 0 Å². The van der Waals surface area contributed by atoms with E-state index in [1.54, 1.807) is 16.8 Å². The smallest absolute Gasteiger partial charge is 0.320 e. The Kier molecular flexibility index (Phi) is 3.69. The molecule has 0 spiro atoms. The normalized spacial score (nSPS) is 38.6. The molecule has 0 aromatic heterocycles. The first-order valence-electron chi connectivity index (χ1n) is 8.96. The summed E-state index contributed by atoms with van der Waals surface area (Å²) in [6.45, 7) is 1.98. The van der Waals surface area contributed by atoms with Crippen molar-refractivity contribution in [1.29, 1.82) is 0 Å². The first-order chi connectivity index (χ1) is 11.5. The van der Waals surface area contributed by atoms with Gasteiger partial charge in [0, 0.05) is 31.5 Å². The Hall–Kier alpha value is -0.960. The maximum atomic E-state index is 13.2. The number of carbonyl (C=O) groups excluding carboxylic acids is 1. The minimum Gasteiger partial charge on any atom is -0.323 e. The van der Waals surface area contributed by atoms with Crippen molar-refractivity contribution < 1.29 is 22.0 Å². The number of likely N-dealkylation sites (N-methyl/N-ethyl adjacent to an activating group) is 1. The number of halogens is 2. The molecule has 4 unspecified atom stereocenters. The second-order valence-corrected chi connectivity index (χ2v) is 10.4. The lowest BCUT2D eigenvalue weighted by atomic mass is 9.90. The number of alkyl halides is 2. The zero-order valence-electron chi connectivity index (χ0n) is 14.5. The van der Waals surface area contributed by atoms with Crippen LogP contribution in [0.2, 0.25) is 0 Å². The number of nitrogens with zero attached hydrogens (tertiary/aromatic N) is 2. The standard InChI is InChI=1S/C16H25F2N3O3S/c1-15(5-6-15)19-25(23,24)11-3-4-12-13(7-11)20(2)14(22)21(12)9-10-8-16(10,17)18/h10-13,19H,3-9H2,1-2H3. The molecule has 4 rings (SSSR count). The van der Waals surface area contributed by atoms with Gasteiger partial charge in [0.2, 0.25) is 10.0 Å². The number of carbonyl (C=O) groups is 1. The van der Waals surface area contributed by atoms with Crippen molar-refractivity contribution in [2.24, 2.45) is 5.92 Å². The Morgan fingerprint density at radius 2 is 1.88 bits per heavy atom. The number of hydrogen-bond acceptors (Lipinski definition) is 3. The van der Waals surface area contributed by atoms with Crippen LogP contribution in [-0.2, 0) is 10.0 Å². The van der Waals surface area contributed by atoms with Gasteiger partial charge >= 0.3 is 6.03 Å². The number of urea groups is 1. The Bertz CT molecular complexity index is 695. The molecule has 0 bridgehead atoms. The van der Waals surface area contributed by atoms with Gasteiger partial charge in [-0.2, -0.15) is 0 Å². The summed E-state index contributed by atoms with van der Waals surface area (Å²) in [5.74, 6) is -3.40. The maximum absolute atomic E-state index is 13.2. The Morgan fingerprint density at radius 1 is 1.24 bits per heavy atom. The minimum atomic E-state index is -3.43. The van der Waals surface area contributed by atoms with E-state index >= 15 is 0 Å². The number of rotatable bonds is 5. The Morgan fingerprint density at radius 3 is 2.44 bits per heavy atom. The minimum absolute atomic E-state index is 0.0745. The number of sulfonamides is 1. The SMILES string of the molecule is CN1C(=O)N(CC2CC2(F)F)C2CCC(S(=O)(=O)NC3(C)CC3)CC21. The van der Waals surface area contributed by atoms with Crippen LogP contribution in [0, 0.1) is 5.92 Å². The van der Waals surface area contributed by atoms with Crippen molar-refractivity contribution >= 4 is 16.1 Å². The molecule has 1 N–H and O–H groups in total. The van der Waals surface area contributed by atoms with Crippen molar-refractivity contribution in [3.8, 4) is 0 Å². The quantitative estimate of drug-likeness (QED) is 0.794. The van der Waals surface area contributed by atoms with Gasteiger partial charge in [0.05, 0.1) is 17.3 Å². The molecule has 1 aliphatic heterocycles. The highest BCUT2D eigenvalue weighted by atomic mass is 32.2. The van der Waals surface area contributed by atoms with Gasteiger partial charge in [0.25, 0.3) is 5.92 Å². The summed E-state index contributed by atoms with van der Waals surface area (Å²) in [6, 6.07) is -0.628. The van der Waals surface area contributed by atoms with Gasteiger partial charge in [-0.05, 0) is 39.0 Å². The molecule has 0 aromatic rings. The highest BCUT2D eigenvalue weighted by Gasteiger charge is 2.60. The number of fused-ring (bicyclic) bond motifs is 1. The van der Waals surface area contributed by atoms with Gasteiger partial charge in [-0.25, -0.2) is 26.7 Å². The molecule has 0 aromatic carbocycles. The number of hydrogen-bond donors (Lipinski definition) is 1. The molecular formula is C16H25F2N3O3S. The van der Waals surface area contributed by atoms with Crippen LogP contribution >= 0.6 is 0 Å². The molecule has 3 saturated carbocycles. The molecule has 25 heavy (non-hydrogen) atoms. The number of amides is 2. The van der Waals surface area contributed by atoms with E-state index in [4.69, 9.17) is 0 Å². The molecule has 4 aliphatic rings. The van der Waals surface area contributed by atoms with Crippen molar-refractivity contribution in [2.75, 3.05) is 13.6 Å². The highest BCUT2D eigenvalue weighted by Crippen LogP contribution is 2.50. The molecule has 142 valence electrons. The third-order valence-corrected chi connectivity index (χ3v) is 8.46. The van der Waals surface area contributed by atoms with Crippen LogP contribution in [0.1, 0.15) is 45.4 Å². The Labute approximate surface area is 147 Å². The second kappa shape index (κ2) is 5.28. The van der Waals surface area contributed by atoms with Crippen molar-refractivity contribution in [3.63, 3.8) is 0 Å². The highest BCUT2D eigenvalue weighted by molar-refractivity contribution is 7.90. The van der Waals surface area contributed by atoms with Gasteiger partial charge in [-0.3, -0.25) is 0 Å². The van der Waals surface area contributed by atoms with Crippen LogP contribution < -0.4 is 4.72 Å². The van der Waals surface area contributed by atoms with E-state index < -0.39 is 27.1 Å². The molecule has 4 fully saturated rings. The predicted molar refractivity (Wildman–Crippen MR) is 87.8 cm³/mol. The molecule has 3 aliphatic carbocycles. The second-order valence-electron chi connectivity index (χ2n) is 8.49. The third kappa shape index (κ3) is 3.03. The van der Waals surface area contributed by atoms with E-state index in [0.29, 0.717) is 19.3 Å². The van der Waals surface area contributed by atoms with Crippen LogP contribution in [-0.4, -0.2) is 66.6 Å². The van der Waals surface area contributed by atoms with Gasteiger partial charge in [0.1, 0.15) is 0 Å². The van der Waals surface area contributed by atoms with E-state index in [9.17, 15) is 22.0 Å². The summed E-state index contributed by atoms with van der Waals surface area (Å²) in [5, 5.41) is -0.524. The summed E-state index contributed by atoms with van der Waals surface area (Å²) in [6.07, 6.45) is 2.93. The van der Waals surface area contributed by atoms with E-state index in [2.05, 4.69) is 4.72 Å². The van der Waals surface area contributed by atoms with Gasteiger partial charge < -0.3 is 9.80 Å². The molecule has 1 heterocycles. The lowest BCUT2D eigenvalue weighted by Crippen LogP contribution is -2.49. The summed E-state index contributed by atoms with van der Waals surface area (Å²) in [5.41, 5.74) is -0.309. The Balaban J connectivity index is 1.45. The third-order valence-electron chi connectivity index (χ3n) is 6.38. The molecule has 0 radical (unpaired) electrons. The first-order valence-corrected chi connectivity index (χ1v) is 10.5. The van der Waals surface area contributed by atoms with Crippen LogP contribution in [0.15, 0.2) is 0 Å². The van der Waals surface area contributed by atoms with E-state index in [0.717, 1.165) is 12.8 Å². The summed E-state index contributed by atoms with van der Waals surface area (Å²) in [4.78, 5) is 15.6. The lowest BCUT2D eigenvalue weighted by Gasteiger charge is -2.35. The van der Waals surface area contributed by atoms with E-state index in [1.807, 2.05) is 6.92 Å². The predicted octanol–water partition coefficient (Wildman–Crippen LogP) is 1.77. The van der Waals surface area contributed by atoms with Crippen LogP contribution in [0.5, 0.6) is 0 Å². The van der Waals surface area contributed by atoms with Crippen molar-refractivity contribution in [1.82, 2.24) is 14.5 Å². The number of nitrogens with one attached hydrogen (secondary N) is 1. The monoisotopic (exact) mass is 377 g/mol. The van der Waals surface area contributed by atoms with E-state index in [1.165, 1.54) is 0 Å². The van der Waals surface area contributed by atoms with Gasteiger partial charge in [-0.1, -0.05) is 0 Å². The van der Waals surface area contributed by atoms with Crippen LogP contribution in [0.4, 0.5) is 13.6 Å². The fourth-order valence-corrected chi connectivity index (χ4v) is 6.23. The molecule has 6 nitrogen and oxygen atoms in total. The largest absolute Gasteiger partial charge is 0.323 e.